The minimum Gasteiger partial charge on any atom is -0.211 e. The number of carbonyl (C=O) groups excluding carboxylic acids is 1. The molecule has 0 aliphatic carbocycles. The lowest BCUT2D eigenvalue weighted by atomic mass is 10.2. The minimum atomic E-state index is 0.760. The van der Waals surface area contributed by atoms with Gasteiger partial charge >= 0.3 is 0 Å². The summed E-state index contributed by atoms with van der Waals surface area (Å²) in [5, 5.41) is 1.04. The van der Waals surface area contributed by atoms with Crippen molar-refractivity contribution in [1.82, 2.24) is 0 Å². The molecule has 0 radical (unpaired) electrons. The van der Waals surface area contributed by atoms with Gasteiger partial charge < -0.3 is 0 Å². The largest absolute Gasteiger partial charge is 0.240 e. The van der Waals surface area contributed by atoms with Gasteiger partial charge in [-0.25, -0.2) is 4.79 Å². The summed E-state index contributed by atoms with van der Waals surface area (Å²) < 4.78 is 1.16. The van der Waals surface area contributed by atoms with Crippen LogP contribution in [0.2, 0.25) is 0 Å². The van der Waals surface area contributed by atoms with Crippen molar-refractivity contribution in [2.45, 2.75) is 6.92 Å². The van der Waals surface area contributed by atoms with E-state index < -0.39 is 0 Å². The van der Waals surface area contributed by atoms with Crippen LogP contribution in [0.3, 0.4) is 0 Å². The molecule has 0 bridgehead atoms. The quantitative estimate of drug-likeness (QED) is 0.500. The van der Waals surface area contributed by atoms with Gasteiger partial charge in [-0.2, -0.15) is 4.99 Å². The van der Waals surface area contributed by atoms with E-state index in [-0.39, 0.29) is 0 Å². The average Bonchev–Trinajstić information content (AvgIpc) is 2.44. The number of isocyanates is 1. The van der Waals surface area contributed by atoms with Crippen LogP contribution in [0.1, 0.15) is 4.88 Å². The van der Waals surface area contributed by atoms with Crippen LogP contribution < -0.4 is 0 Å². The lowest BCUT2D eigenvalue weighted by Gasteiger charge is -1.88. The molecule has 3 heteroatoms. The molecule has 2 aromatic rings. The van der Waals surface area contributed by atoms with Crippen molar-refractivity contribution in [2.75, 3.05) is 0 Å². The molecule has 0 spiro atoms. The van der Waals surface area contributed by atoms with E-state index in [0.717, 1.165) is 20.7 Å². The molecule has 0 aliphatic heterocycles. The normalized spacial score (nSPS) is 9.92. The van der Waals surface area contributed by atoms with E-state index in [0.29, 0.717) is 0 Å². The smallest absolute Gasteiger partial charge is 0.211 e. The van der Waals surface area contributed by atoms with Gasteiger partial charge in [0, 0.05) is 15.0 Å². The number of fused-ring (bicyclic) bond motifs is 1. The van der Waals surface area contributed by atoms with Crippen molar-refractivity contribution in [3.63, 3.8) is 0 Å². The number of hydrogen-bond donors (Lipinski definition) is 0. The fourth-order valence-corrected chi connectivity index (χ4v) is 2.34. The molecular weight excluding hydrogens is 182 g/mol. The number of hydrogen-bond acceptors (Lipinski definition) is 3. The molecule has 0 fully saturated rings. The Morgan fingerprint density at radius 1 is 1.38 bits per heavy atom. The first-order valence-corrected chi connectivity index (χ1v) is 4.70. The molecule has 2 nitrogen and oxygen atoms in total. The highest BCUT2D eigenvalue weighted by atomic mass is 32.1. The van der Waals surface area contributed by atoms with Gasteiger partial charge in [-0.1, -0.05) is 18.2 Å². The summed E-state index contributed by atoms with van der Waals surface area (Å²) in [6.07, 6.45) is 1.58. The second-order valence-electron chi connectivity index (χ2n) is 2.71. The highest BCUT2D eigenvalue weighted by Gasteiger charge is 2.06. The zero-order chi connectivity index (χ0) is 9.26. The van der Waals surface area contributed by atoms with Crippen LogP contribution in [-0.4, -0.2) is 6.08 Å². The molecule has 1 aromatic heterocycles. The van der Waals surface area contributed by atoms with E-state index in [4.69, 9.17) is 0 Å². The number of aliphatic imine (C=N–C) groups is 1. The van der Waals surface area contributed by atoms with Crippen LogP contribution in [0.25, 0.3) is 10.1 Å². The maximum atomic E-state index is 10.2. The summed E-state index contributed by atoms with van der Waals surface area (Å²) >= 11 is 1.65. The minimum absolute atomic E-state index is 0.760. The molecular formula is C10H7NOS. The van der Waals surface area contributed by atoms with Gasteiger partial charge in [-0.3, -0.25) is 0 Å². The van der Waals surface area contributed by atoms with Gasteiger partial charge in [0.05, 0.1) is 5.69 Å². The molecule has 0 amide bonds. The fraction of sp³-hybridized carbons (Fsp3) is 0.100. The highest BCUT2D eigenvalue weighted by Crippen LogP contribution is 2.36. The van der Waals surface area contributed by atoms with E-state index >= 15 is 0 Å². The second kappa shape index (κ2) is 3.13. The molecule has 2 rings (SSSR count). The van der Waals surface area contributed by atoms with Gasteiger partial charge in [0.15, 0.2) is 0 Å². The first-order chi connectivity index (χ1) is 6.33. The van der Waals surface area contributed by atoms with Crippen LogP contribution in [0, 0.1) is 6.92 Å². The molecule has 0 unspecified atom stereocenters. The van der Waals surface area contributed by atoms with Crippen molar-refractivity contribution < 1.29 is 4.79 Å². The molecule has 0 aliphatic rings. The monoisotopic (exact) mass is 189 g/mol. The zero-order valence-corrected chi connectivity index (χ0v) is 7.89. The van der Waals surface area contributed by atoms with Gasteiger partial charge in [-0.05, 0) is 13.0 Å². The van der Waals surface area contributed by atoms with E-state index in [1.54, 1.807) is 17.4 Å². The number of thiophene rings is 1. The SMILES string of the molecule is Cc1sc2ccccc2c1N=C=O. The second-order valence-corrected chi connectivity index (χ2v) is 3.96. The van der Waals surface area contributed by atoms with Crippen molar-refractivity contribution >= 4 is 33.2 Å². The predicted octanol–water partition coefficient (Wildman–Crippen LogP) is 3.18. The Morgan fingerprint density at radius 2 is 2.15 bits per heavy atom. The van der Waals surface area contributed by atoms with Crippen molar-refractivity contribution in [3.8, 4) is 0 Å². The molecule has 1 aromatic carbocycles. The fourth-order valence-electron chi connectivity index (χ4n) is 1.34. The highest BCUT2D eigenvalue weighted by molar-refractivity contribution is 7.19. The van der Waals surface area contributed by atoms with Gasteiger partial charge in [0.25, 0.3) is 0 Å². The number of aryl methyl sites for hydroxylation is 1. The summed E-state index contributed by atoms with van der Waals surface area (Å²) in [5.41, 5.74) is 0.760. The molecule has 0 N–H and O–H groups in total. The Hall–Kier alpha value is -1.44. The molecule has 1 heterocycles. The van der Waals surface area contributed by atoms with E-state index in [1.807, 2.05) is 31.2 Å². The molecule has 13 heavy (non-hydrogen) atoms. The van der Waals surface area contributed by atoms with Crippen LogP contribution in [0.15, 0.2) is 29.3 Å². The summed E-state index contributed by atoms with van der Waals surface area (Å²) in [6.45, 7) is 1.96. The van der Waals surface area contributed by atoms with Gasteiger partial charge in [0.1, 0.15) is 0 Å². The third-order valence-corrected chi connectivity index (χ3v) is 2.97. The lowest BCUT2D eigenvalue weighted by molar-refractivity contribution is 0.565. The molecule has 0 saturated heterocycles. The Balaban J connectivity index is 2.85. The summed E-state index contributed by atoms with van der Waals surface area (Å²) in [6, 6.07) is 7.91. The van der Waals surface area contributed by atoms with Crippen LogP contribution in [0.5, 0.6) is 0 Å². The third-order valence-electron chi connectivity index (χ3n) is 1.90. The van der Waals surface area contributed by atoms with Gasteiger partial charge in [0.2, 0.25) is 6.08 Å². The van der Waals surface area contributed by atoms with Crippen LogP contribution in [0.4, 0.5) is 5.69 Å². The number of rotatable bonds is 1. The lowest BCUT2D eigenvalue weighted by Crippen LogP contribution is -1.64. The predicted molar refractivity (Wildman–Crippen MR) is 54.3 cm³/mol. The van der Waals surface area contributed by atoms with Gasteiger partial charge in [-0.15, -0.1) is 11.3 Å². The summed E-state index contributed by atoms with van der Waals surface area (Å²) in [5.74, 6) is 0. The van der Waals surface area contributed by atoms with Crippen molar-refractivity contribution in [1.29, 1.82) is 0 Å². The maximum absolute atomic E-state index is 10.2. The van der Waals surface area contributed by atoms with Crippen molar-refractivity contribution in [2.24, 2.45) is 4.99 Å². The topological polar surface area (TPSA) is 29.4 Å². The van der Waals surface area contributed by atoms with Crippen LogP contribution >= 0.6 is 11.3 Å². The van der Waals surface area contributed by atoms with E-state index in [9.17, 15) is 4.79 Å². The number of nitrogens with zero attached hydrogens (tertiary/aromatic N) is 1. The number of benzene rings is 1. The molecule has 64 valence electrons. The average molecular weight is 189 g/mol. The Bertz CT molecular complexity index is 495. The van der Waals surface area contributed by atoms with Crippen molar-refractivity contribution in [3.05, 3.63) is 29.1 Å². The van der Waals surface area contributed by atoms with E-state index in [1.165, 1.54) is 0 Å². The Labute approximate surface area is 79.5 Å². The molecule has 0 atom stereocenters. The third kappa shape index (κ3) is 1.28. The summed E-state index contributed by atoms with van der Waals surface area (Å²) in [7, 11) is 0. The first-order valence-electron chi connectivity index (χ1n) is 3.89. The zero-order valence-electron chi connectivity index (χ0n) is 7.07. The summed E-state index contributed by atoms with van der Waals surface area (Å²) in [4.78, 5) is 14.9. The first kappa shape index (κ1) is 8.17. The Kier molecular flexibility index (Phi) is 1.97. The molecule has 0 saturated carbocycles. The van der Waals surface area contributed by atoms with Crippen LogP contribution in [-0.2, 0) is 4.79 Å². The van der Waals surface area contributed by atoms with E-state index in [2.05, 4.69) is 4.99 Å². The maximum Gasteiger partial charge on any atom is 0.240 e. The Morgan fingerprint density at radius 3 is 2.92 bits per heavy atom. The standard InChI is InChI=1S/C10H7NOS/c1-7-10(11-6-12)8-4-2-3-5-9(8)13-7/h2-5H,1H3.